The van der Waals surface area contributed by atoms with Gasteiger partial charge in [0.15, 0.2) is 0 Å². The number of nitrogens with zero attached hydrogens (tertiary/aromatic N) is 1. The molecule has 2 N–H and O–H groups in total. The fourth-order valence-corrected chi connectivity index (χ4v) is 4.20. The maximum Gasteiger partial charge on any atom is 0.335 e. The summed E-state index contributed by atoms with van der Waals surface area (Å²) in [7, 11) is 0. The Morgan fingerprint density at radius 3 is 2.62 bits per heavy atom. The molecule has 0 unspecified atom stereocenters. The number of benzene rings is 2. The Morgan fingerprint density at radius 2 is 1.96 bits per heavy atom. The number of rotatable bonds is 3. The average molecular weight is 371 g/mol. The van der Waals surface area contributed by atoms with Crippen molar-refractivity contribution in [2.24, 2.45) is 5.92 Å². The van der Waals surface area contributed by atoms with Gasteiger partial charge in [-0.25, -0.2) is 4.79 Å². The highest BCUT2D eigenvalue weighted by Gasteiger charge is 2.42. The van der Waals surface area contributed by atoms with Gasteiger partial charge in [-0.3, -0.25) is 10.1 Å². The minimum atomic E-state index is -0.974. The Morgan fingerprint density at radius 1 is 1.23 bits per heavy atom. The van der Waals surface area contributed by atoms with E-state index in [0.29, 0.717) is 16.3 Å². The van der Waals surface area contributed by atoms with Crippen LogP contribution in [-0.2, 0) is 0 Å². The van der Waals surface area contributed by atoms with Gasteiger partial charge in [-0.15, -0.1) is 0 Å². The lowest BCUT2D eigenvalue weighted by Crippen LogP contribution is -2.29. The van der Waals surface area contributed by atoms with E-state index in [0.717, 1.165) is 12.0 Å². The van der Waals surface area contributed by atoms with Crippen LogP contribution in [-0.4, -0.2) is 16.0 Å². The number of halogens is 1. The molecule has 2 aromatic rings. The van der Waals surface area contributed by atoms with Crippen LogP contribution in [0.3, 0.4) is 0 Å². The summed E-state index contributed by atoms with van der Waals surface area (Å²) in [6, 6.07) is 9.59. The molecule has 1 heterocycles. The van der Waals surface area contributed by atoms with E-state index in [1.165, 1.54) is 12.1 Å². The Hall–Kier alpha value is -2.86. The van der Waals surface area contributed by atoms with Gasteiger partial charge in [0.2, 0.25) is 0 Å². The van der Waals surface area contributed by atoms with Gasteiger partial charge in [-0.05, 0) is 36.1 Å². The van der Waals surface area contributed by atoms with Crippen LogP contribution in [0.15, 0.2) is 48.6 Å². The fourth-order valence-electron chi connectivity index (χ4n) is 3.98. The van der Waals surface area contributed by atoms with E-state index < -0.39 is 5.97 Å². The molecule has 26 heavy (non-hydrogen) atoms. The molecule has 0 bridgehead atoms. The maximum atomic E-state index is 11.5. The van der Waals surface area contributed by atoms with E-state index in [4.69, 9.17) is 16.7 Å². The summed E-state index contributed by atoms with van der Waals surface area (Å²) in [5.41, 5.74) is 2.43. The van der Waals surface area contributed by atoms with E-state index >= 15 is 0 Å². The van der Waals surface area contributed by atoms with Gasteiger partial charge in [0.1, 0.15) is 0 Å². The van der Waals surface area contributed by atoms with Crippen molar-refractivity contribution in [1.82, 2.24) is 0 Å². The number of nitro benzene ring substituents is 1. The molecule has 7 heteroatoms. The van der Waals surface area contributed by atoms with E-state index in [1.807, 2.05) is 12.2 Å². The first kappa shape index (κ1) is 16.6. The van der Waals surface area contributed by atoms with Crippen LogP contribution in [0.2, 0.25) is 5.02 Å². The van der Waals surface area contributed by atoms with E-state index in [2.05, 4.69) is 5.32 Å². The van der Waals surface area contributed by atoms with Crippen molar-refractivity contribution < 1.29 is 14.8 Å². The van der Waals surface area contributed by atoms with Crippen molar-refractivity contribution in [3.8, 4) is 0 Å². The molecule has 0 amide bonds. The highest BCUT2D eigenvalue weighted by Crippen LogP contribution is 2.54. The van der Waals surface area contributed by atoms with Crippen LogP contribution < -0.4 is 5.32 Å². The van der Waals surface area contributed by atoms with Crippen LogP contribution in [0, 0.1) is 16.0 Å². The van der Waals surface area contributed by atoms with Crippen molar-refractivity contribution >= 4 is 28.9 Å². The Kier molecular flexibility index (Phi) is 3.92. The summed E-state index contributed by atoms with van der Waals surface area (Å²) in [4.78, 5) is 22.2. The van der Waals surface area contributed by atoms with Crippen molar-refractivity contribution in [3.05, 3.63) is 80.4 Å². The molecular formula is C19H15ClN2O4. The van der Waals surface area contributed by atoms with E-state index in [1.54, 1.807) is 24.3 Å². The molecule has 132 valence electrons. The zero-order chi connectivity index (χ0) is 18.4. The largest absolute Gasteiger partial charge is 0.478 e. The molecule has 3 atom stereocenters. The topological polar surface area (TPSA) is 92.5 Å². The predicted molar refractivity (Wildman–Crippen MR) is 97.9 cm³/mol. The number of carboxylic acids is 1. The molecule has 6 nitrogen and oxygen atoms in total. The van der Waals surface area contributed by atoms with Crippen molar-refractivity contribution in [2.75, 3.05) is 5.32 Å². The molecule has 2 aliphatic rings. The second kappa shape index (κ2) is 6.14. The van der Waals surface area contributed by atoms with E-state index in [9.17, 15) is 14.9 Å². The number of carbonyl (C=O) groups is 1. The summed E-state index contributed by atoms with van der Waals surface area (Å²) < 4.78 is 0. The SMILES string of the molecule is O=C(O)c1ccc([C@H]2Nc3c(Cl)ccc([N+](=O)[O-])c3[C@@H]3C=CC[C@H]23)cc1. The summed E-state index contributed by atoms with van der Waals surface area (Å²) in [6.07, 6.45) is 4.83. The highest BCUT2D eigenvalue weighted by atomic mass is 35.5. The lowest BCUT2D eigenvalue weighted by Gasteiger charge is -2.37. The minimum absolute atomic E-state index is 0.0677. The number of carboxylic acid groups (broad SMARTS) is 1. The summed E-state index contributed by atoms with van der Waals surface area (Å²) in [5.74, 6) is -0.970. The molecule has 1 aliphatic carbocycles. The predicted octanol–water partition coefficient (Wildman–Crippen LogP) is 4.77. The molecule has 4 rings (SSSR count). The molecule has 2 aromatic carbocycles. The lowest BCUT2D eigenvalue weighted by molar-refractivity contribution is -0.385. The second-order valence-corrected chi connectivity index (χ2v) is 6.92. The van der Waals surface area contributed by atoms with Crippen molar-refractivity contribution in [1.29, 1.82) is 0 Å². The maximum absolute atomic E-state index is 11.5. The van der Waals surface area contributed by atoms with Crippen LogP contribution in [0.5, 0.6) is 0 Å². The van der Waals surface area contributed by atoms with Crippen LogP contribution in [0.1, 0.15) is 39.9 Å². The Bertz CT molecular complexity index is 939. The highest BCUT2D eigenvalue weighted by molar-refractivity contribution is 6.33. The Balaban J connectivity index is 1.81. The van der Waals surface area contributed by atoms with Gasteiger partial charge >= 0.3 is 5.97 Å². The third-order valence-corrected chi connectivity index (χ3v) is 5.47. The average Bonchev–Trinajstić information content (AvgIpc) is 3.11. The zero-order valence-electron chi connectivity index (χ0n) is 13.6. The number of anilines is 1. The van der Waals surface area contributed by atoms with Gasteiger partial charge < -0.3 is 10.4 Å². The van der Waals surface area contributed by atoms with Crippen LogP contribution in [0.4, 0.5) is 11.4 Å². The number of allylic oxidation sites excluding steroid dienone is 2. The standard InChI is InChI=1S/C19H15ClN2O4/c20-14-8-9-15(22(25)26)16-12-2-1-3-13(12)17(21-18(14)16)10-4-6-11(7-5-10)19(23)24/h1-2,4-9,12-13,17,21H,3H2,(H,23,24)/t12-,13+,17-/m1/s1. The van der Waals surface area contributed by atoms with Crippen LogP contribution in [0.25, 0.3) is 0 Å². The summed E-state index contributed by atoms with van der Waals surface area (Å²) >= 11 is 6.34. The first-order chi connectivity index (χ1) is 12.5. The summed E-state index contributed by atoms with van der Waals surface area (Å²) in [6.45, 7) is 0. The molecule has 0 aromatic heterocycles. The number of hydrogen-bond donors (Lipinski definition) is 2. The number of aromatic carboxylic acids is 1. The van der Waals surface area contributed by atoms with Gasteiger partial charge in [-0.2, -0.15) is 0 Å². The molecule has 1 aliphatic heterocycles. The third-order valence-electron chi connectivity index (χ3n) is 5.16. The zero-order valence-corrected chi connectivity index (χ0v) is 14.3. The second-order valence-electron chi connectivity index (χ2n) is 6.51. The third kappa shape index (κ3) is 2.54. The first-order valence-electron chi connectivity index (χ1n) is 8.20. The van der Waals surface area contributed by atoms with Gasteiger partial charge in [0, 0.05) is 12.0 Å². The van der Waals surface area contributed by atoms with Crippen LogP contribution >= 0.6 is 11.6 Å². The molecule has 0 spiro atoms. The van der Waals surface area contributed by atoms with Crippen molar-refractivity contribution in [3.63, 3.8) is 0 Å². The molecule has 0 saturated heterocycles. The number of hydrogen-bond acceptors (Lipinski definition) is 4. The normalized spacial score (nSPS) is 23.0. The fraction of sp³-hybridized carbons (Fsp3) is 0.211. The lowest BCUT2D eigenvalue weighted by atomic mass is 9.76. The molecule has 0 radical (unpaired) electrons. The number of fused-ring (bicyclic) bond motifs is 3. The Labute approximate surface area is 154 Å². The number of nitro groups is 1. The molecule has 0 fully saturated rings. The van der Waals surface area contributed by atoms with Crippen molar-refractivity contribution in [2.45, 2.75) is 18.4 Å². The van der Waals surface area contributed by atoms with Gasteiger partial charge in [0.05, 0.1) is 32.8 Å². The first-order valence-corrected chi connectivity index (χ1v) is 8.58. The quantitative estimate of drug-likeness (QED) is 0.461. The monoisotopic (exact) mass is 370 g/mol. The molecular weight excluding hydrogens is 356 g/mol. The number of nitrogens with one attached hydrogen (secondary N) is 1. The smallest absolute Gasteiger partial charge is 0.335 e. The van der Waals surface area contributed by atoms with Gasteiger partial charge in [0.25, 0.3) is 5.69 Å². The summed E-state index contributed by atoms with van der Waals surface area (Å²) in [5, 5.41) is 24.4. The minimum Gasteiger partial charge on any atom is -0.478 e. The molecule has 0 saturated carbocycles. The van der Waals surface area contributed by atoms with Gasteiger partial charge in [-0.1, -0.05) is 35.9 Å². The van der Waals surface area contributed by atoms with E-state index in [-0.39, 0.29) is 34.1 Å².